The van der Waals surface area contributed by atoms with Crippen molar-refractivity contribution in [2.75, 3.05) is 0 Å². The lowest BCUT2D eigenvalue weighted by atomic mass is 9.89. The summed E-state index contributed by atoms with van der Waals surface area (Å²) in [6, 6.07) is 11.3. The van der Waals surface area contributed by atoms with Crippen LogP contribution in [0.2, 0.25) is 0 Å². The minimum atomic E-state index is -0.377. The van der Waals surface area contributed by atoms with E-state index < -0.39 is 0 Å². The van der Waals surface area contributed by atoms with Crippen molar-refractivity contribution < 1.29 is 19.7 Å². The molecule has 1 aliphatic heterocycles. The maximum atomic E-state index is 12.0. The summed E-state index contributed by atoms with van der Waals surface area (Å²) >= 11 is 0. The molecule has 3 rings (SSSR count). The lowest BCUT2D eigenvalue weighted by Gasteiger charge is -2.23. The second-order valence-corrected chi connectivity index (χ2v) is 4.56. The molecule has 0 saturated heterocycles. The minimum absolute atomic E-state index is 0.0784. The number of rotatable bonds is 1. The first-order valence-electron chi connectivity index (χ1n) is 5.96. The van der Waals surface area contributed by atoms with Crippen LogP contribution in [0, 0.1) is 0 Å². The second kappa shape index (κ2) is 4.31. The van der Waals surface area contributed by atoms with Crippen molar-refractivity contribution >= 4 is 5.97 Å². The molecule has 2 aromatic carbocycles. The van der Waals surface area contributed by atoms with E-state index >= 15 is 0 Å². The minimum Gasteiger partial charge on any atom is -0.508 e. The van der Waals surface area contributed by atoms with Gasteiger partial charge in [-0.3, -0.25) is 4.79 Å². The van der Waals surface area contributed by atoms with E-state index in [-0.39, 0.29) is 23.4 Å². The fourth-order valence-corrected chi connectivity index (χ4v) is 2.25. The van der Waals surface area contributed by atoms with Gasteiger partial charge in [-0.05, 0) is 35.7 Å². The van der Waals surface area contributed by atoms with Gasteiger partial charge < -0.3 is 14.9 Å². The Morgan fingerprint density at radius 1 is 1.00 bits per heavy atom. The molecule has 0 saturated carbocycles. The summed E-state index contributed by atoms with van der Waals surface area (Å²) < 4.78 is 5.25. The molecule has 1 atom stereocenters. The number of esters is 1. The lowest BCUT2D eigenvalue weighted by Crippen LogP contribution is -2.25. The van der Waals surface area contributed by atoms with Gasteiger partial charge in [-0.15, -0.1) is 0 Å². The zero-order chi connectivity index (χ0) is 13.4. The number of carbonyl (C=O) groups excluding carboxylic acids is 1. The molecule has 1 unspecified atom stereocenters. The fraction of sp³-hybridized carbons (Fsp3) is 0.133. The van der Waals surface area contributed by atoms with Crippen molar-refractivity contribution in [1.29, 1.82) is 0 Å². The van der Waals surface area contributed by atoms with Crippen LogP contribution in [0.3, 0.4) is 0 Å². The van der Waals surface area contributed by atoms with Gasteiger partial charge in [0.15, 0.2) is 0 Å². The number of phenolic OH excluding ortho intramolecular Hbond substituents is 2. The summed E-state index contributed by atoms with van der Waals surface area (Å²) in [5, 5.41) is 18.6. The molecule has 0 aromatic heterocycles. The van der Waals surface area contributed by atoms with E-state index in [9.17, 15) is 15.0 Å². The van der Waals surface area contributed by atoms with Gasteiger partial charge in [-0.2, -0.15) is 0 Å². The van der Waals surface area contributed by atoms with Crippen LogP contribution in [0.15, 0.2) is 42.5 Å². The molecule has 2 N–H and O–H groups in total. The molecule has 1 heterocycles. The average molecular weight is 256 g/mol. The number of carbonyl (C=O) groups is 1. The molecule has 0 radical (unpaired) electrons. The number of phenols is 2. The largest absolute Gasteiger partial charge is 0.508 e. The first-order chi connectivity index (χ1) is 9.13. The highest BCUT2D eigenvalue weighted by molar-refractivity contribution is 5.83. The molecule has 19 heavy (non-hydrogen) atoms. The van der Waals surface area contributed by atoms with Gasteiger partial charge >= 0.3 is 5.97 Å². The first kappa shape index (κ1) is 11.6. The SMILES string of the molecule is O=C1Oc2cc(O)ccc2CC1c1ccc(O)cc1. The molecule has 1 aliphatic rings. The molecule has 2 aromatic rings. The quantitative estimate of drug-likeness (QED) is 0.607. The van der Waals surface area contributed by atoms with E-state index in [0.717, 1.165) is 11.1 Å². The predicted molar refractivity (Wildman–Crippen MR) is 68.3 cm³/mol. The van der Waals surface area contributed by atoms with Crippen LogP contribution >= 0.6 is 0 Å². The number of ether oxygens (including phenoxy) is 1. The van der Waals surface area contributed by atoms with Gasteiger partial charge in [0.2, 0.25) is 0 Å². The van der Waals surface area contributed by atoms with Crippen LogP contribution in [0.5, 0.6) is 17.2 Å². The third-order valence-corrected chi connectivity index (χ3v) is 3.27. The number of fused-ring (bicyclic) bond motifs is 1. The van der Waals surface area contributed by atoms with Gasteiger partial charge in [0.1, 0.15) is 17.2 Å². The zero-order valence-electron chi connectivity index (χ0n) is 10.0. The molecule has 4 nitrogen and oxygen atoms in total. The molecule has 4 heteroatoms. The third kappa shape index (κ3) is 2.12. The lowest BCUT2D eigenvalue weighted by molar-refractivity contribution is -0.137. The van der Waals surface area contributed by atoms with E-state index in [1.807, 2.05) is 0 Å². The topological polar surface area (TPSA) is 66.8 Å². The van der Waals surface area contributed by atoms with E-state index in [4.69, 9.17) is 4.74 Å². The van der Waals surface area contributed by atoms with E-state index in [2.05, 4.69) is 0 Å². The zero-order valence-corrected chi connectivity index (χ0v) is 10.0. The standard InChI is InChI=1S/C15H12O4/c16-11-4-1-9(2-5-11)13-7-10-3-6-12(17)8-14(10)19-15(13)18/h1-6,8,13,16-17H,7H2. The molecule has 0 amide bonds. The molecular weight excluding hydrogens is 244 g/mol. The number of benzene rings is 2. The Hall–Kier alpha value is -2.49. The van der Waals surface area contributed by atoms with Gasteiger partial charge in [0.25, 0.3) is 0 Å². The van der Waals surface area contributed by atoms with Crippen molar-refractivity contribution in [2.24, 2.45) is 0 Å². The highest BCUT2D eigenvalue weighted by Crippen LogP contribution is 2.35. The molecule has 0 bridgehead atoms. The molecule has 96 valence electrons. The first-order valence-corrected chi connectivity index (χ1v) is 5.96. The van der Waals surface area contributed by atoms with Gasteiger partial charge in [0.05, 0.1) is 5.92 Å². The Labute approximate surface area is 109 Å². The van der Waals surface area contributed by atoms with Crippen LogP contribution in [-0.4, -0.2) is 16.2 Å². The van der Waals surface area contributed by atoms with Crippen LogP contribution < -0.4 is 4.74 Å². The van der Waals surface area contributed by atoms with Crippen LogP contribution in [0.4, 0.5) is 0 Å². The summed E-state index contributed by atoms with van der Waals surface area (Å²) in [5.41, 5.74) is 1.69. The Balaban J connectivity index is 1.95. The van der Waals surface area contributed by atoms with Crippen molar-refractivity contribution in [1.82, 2.24) is 0 Å². The summed E-state index contributed by atoms with van der Waals surface area (Å²) in [6.07, 6.45) is 0.527. The van der Waals surface area contributed by atoms with Gasteiger partial charge in [-0.1, -0.05) is 18.2 Å². The molecular formula is C15H12O4. The summed E-state index contributed by atoms with van der Waals surface area (Å²) in [4.78, 5) is 12.0. The normalized spacial score (nSPS) is 17.7. The summed E-state index contributed by atoms with van der Waals surface area (Å²) in [6.45, 7) is 0. The maximum absolute atomic E-state index is 12.0. The summed E-state index contributed by atoms with van der Waals surface area (Å²) in [7, 11) is 0. The smallest absolute Gasteiger partial charge is 0.319 e. The van der Waals surface area contributed by atoms with E-state index in [0.29, 0.717) is 12.2 Å². The van der Waals surface area contributed by atoms with Crippen LogP contribution in [0.25, 0.3) is 0 Å². The Morgan fingerprint density at radius 2 is 1.68 bits per heavy atom. The van der Waals surface area contributed by atoms with E-state index in [1.54, 1.807) is 36.4 Å². The van der Waals surface area contributed by atoms with Crippen molar-refractivity contribution in [3.63, 3.8) is 0 Å². The number of hydrogen-bond donors (Lipinski definition) is 2. The van der Waals surface area contributed by atoms with Gasteiger partial charge in [0, 0.05) is 6.07 Å². The highest BCUT2D eigenvalue weighted by Gasteiger charge is 2.29. The fourth-order valence-electron chi connectivity index (χ4n) is 2.25. The van der Waals surface area contributed by atoms with Crippen LogP contribution in [0.1, 0.15) is 17.0 Å². The second-order valence-electron chi connectivity index (χ2n) is 4.56. The molecule has 0 spiro atoms. The predicted octanol–water partition coefficient (Wildman–Crippen LogP) is 2.34. The third-order valence-electron chi connectivity index (χ3n) is 3.27. The van der Waals surface area contributed by atoms with Crippen molar-refractivity contribution in [3.05, 3.63) is 53.6 Å². The van der Waals surface area contributed by atoms with Crippen molar-refractivity contribution in [2.45, 2.75) is 12.3 Å². The van der Waals surface area contributed by atoms with Crippen LogP contribution in [-0.2, 0) is 11.2 Å². The Morgan fingerprint density at radius 3 is 2.42 bits per heavy atom. The number of hydrogen-bond acceptors (Lipinski definition) is 4. The van der Waals surface area contributed by atoms with Crippen molar-refractivity contribution in [3.8, 4) is 17.2 Å². The molecule has 0 aliphatic carbocycles. The monoisotopic (exact) mass is 256 g/mol. The summed E-state index contributed by atoms with van der Waals surface area (Å²) in [5.74, 6) is -0.0608. The molecule has 0 fully saturated rings. The van der Waals surface area contributed by atoms with E-state index in [1.165, 1.54) is 6.07 Å². The number of aromatic hydroxyl groups is 2. The maximum Gasteiger partial charge on any atom is 0.319 e. The van der Waals surface area contributed by atoms with Gasteiger partial charge in [-0.25, -0.2) is 0 Å². The highest BCUT2D eigenvalue weighted by atomic mass is 16.5. The average Bonchev–Trinajstić information content (AvgIpc) is 2.39. The Bertz CT molecular complexity index is 631. The Kier molecular flexibility index (Phi) is 2.63.